The summed E-state index contributed by atoms with van der Waals surface area (Å²) in [5.74, 6) is 1.88. The molecule has 112 valence electrons. The smallest absolute Gasteiger partial charge is 0.0526 e. The van der Waals surface area contributed by atoms with Crippen LogP contribution in [0.1, 0.15) is 78.1 Å². The van der Waals surface area contributed by atoms with Crippen LogP contribution in [0.3, 0.4) is 0 Å². The molecule has 2 nitrogen and oxygen atoms in total. The fraction of sp³-hybridized carbons (Fsp3) is 1.00. The summed E-state index contributed by atoms with van der Waals surface area (Å²) in [4.78, 5) is 0. The van der Waals surface area contributed by atoms with Crippen LogP contribution in [0.2, 0.25) is 0 Å². The highest BCUT2D eigenvalue weighted by Crippen LogP contribution is 2.38. The lowest BCUT2D eigenvalue weighted by atomic mass is 9.71. The van der Waals surface area contributed by atoms with E-state index in [0.29, 0.717) is 12.1 Å². The maximum Gasteiger partial charge on any atom is 0.0526 e. The Bertz CT molecular complexity index is 248. The van der Waals surface area contributed by atoms with E-state index in [1.807, 2.05) is 6.92 Å². The van der Waals surface area contributed by atoms with E-state index >= 15 is 0 Å². The van der Waals surface area contributed by atoms with E-state index in [9.17, 15) is 5.11 Å². The van der Waals surface area contributed by atoms with Gasteiger partial charge in [-0.3, -0.25) is 0 Å². The van der Waals surface area contributed by atoms with Gasteiger partial charge in [0.15, 0.2) is 0 Å². The topological polar surface area (TPSA) is 32.3 Å². The largest absolute Gasteiger partial charge is 0.393 e. The van der Waals surface area contributed by atoms with Crippen LogP contribution < -0.4 is 5.32 Å². The van der Waals surface area contributed by atoms with Crippen LogP contribution in [0.5, 0.6) is 0 Å². The second-order valence-electron chi connectivity index (χ2n) is 7.11. The molecule has 2 heteroatoms. The van der Waals surface area contributed by atoms with Gasteiger partial charge in [-0.05, 0) is 44.9 Å². The normalized spacial score (nSPS) is 33.0. The summed E-state index contributed by atoms with van der Waals surface area (Å²) in [5.41, 5.74) is 0. The highest BCUT2D eigenvalue weighted by atomic mass is 16.3. The fourth-order valence-corrected chi connectivity index (χ4v) is 4.44. The van der Waals surface area contributed by atoms with Gasteiger partial charge < -0.3 is 10.4 Å². The lowest BCUT2D eigenvalue weighted by molar-refractivity contribution is 0.126. The summed E-state index contributed by atoms with van der Waals surface area (Å²) in [6.07, 6.45) is 13.6. The zero-order chi connectivity index (χ0) is 13.7. The first kappa shape index (κ1) is 15.3. The Morgan fingerprint density at radius 3 is 2.26 bits per heavy atom. The fourth-order valence-electron chi connectivity index (χ4n) is 4.44. The number of rotatable bonds is 5. The van der Waals surface area contributed by atoms with Crippen molar-refractivity contribution < 1.29 is 5.11 Å². The van der Waals surface area contributed by atoms with Crippen molar-refractivity contribution in [3.05, 3.63) is 0 Å². The molecule has 4 atom stereocenters. The molecule has 0 aromatic rings. The first-order valence-corrected chi connectivity index (χ1v) is 8.61. The maximum atomic E-state index is 9.53. The average Bonchev–Trinajstić information content (AvgIpc) is 2.39. The molecule has 2 rings (SSSR count). The first-order chi connectivity index (χ1) is 9.16. The molecule has 2 aliphatic carbocycles. The molecule has 0 bridgehead atoms. The molecule has 2 fully saturated rings. The third-order valence-electron chi connectivity index (χ3n) is 5.27. The molecule has 0 spiro atoms. The number of aliphatic hydroxyl groups excluding tert-OH is 1. The quantitative estimate of drug-likeness (QED) is 0.792. The van der Waals surface area contributed by atoms with Crippen molar-refractivity contribution in [1.82, 2.24) is 5.32 Å². The molecule has 2 saturated carbocycles. The SMILES string of the molecule is CC(O)CC(C)NC1CCCCC1C1CCCCC1. The van der Waals surface area contributed by atoms with Crippen LogP contribution in [0, 0.1) is 11.8 Å². The van der Waals surface area contributed by atoms with Crippen LogP contribution >= 0.6 is 0 Å². The molecule has 0 saturated heterocycles. The predicted molar refractivity (Wildman–Crippen MR) is 81.2 cm³/mol. The zero-order valence-corrected chi connectivity index (χ0v) is 12.9. The summed E-state index contributed by atoms with van der Waals surface area (Å²) in [6, 6.07) is 1.17. The van der Waals surface area contributed by atoms with Gasteiger partial charge >= 0.3 is 0 Å². The lowest BCUT2D eigenvalue weighted by Crippen LogP contribution is -2.46. The van der Waals surface area contributed by atoms with E-state index in [1.54, 1.807) is 0 Å². The standard InChI is InChI=1S/C17H33NO/c1-13(12-14(2)19)18-17-11-7-6-10-16(17)15-8-4-3-5-9-15/h13-19H,3-12H2,1-2H3. The molecule has 2 aliphatic rings. The van der Waals surface area contributed by atoms with E-state index in [1.165, 1.54) is 57.8 Å². The maximum absolute atomic E-state index is 9.53. The summed E-state index contributed by atoms with van der Waals surface area (Å²) in [7, 11) is 0. The van der Waals surface area contributed by atoms with Crippen molar-refractivity contribution in [3.8, 4) is 0 Å². The number of hydrogen-bond acceptors (Lipinski definition) is 2. The van der Waals surface area contributed by atoms with Crippen LogP contribution in [-0.2, 0) is 0 Å². The highest BCUT2D eigenvalue weighted by Gasteiger charge is 2.32. The Labute approximate surface area is 119 Å². The molecule has 0 aromatic carbocycles. The monoisotopic (exact) mass is 267 g/mol. The average molecular weight is 267 g/mol. The molecule has 4 unspecified atom stereocenters. The zero-order valence-electron chi connectivity index (χ0n) is 12.9. The summed E-state index contributed by atoms with van der Waals surface area (Å²) >= 11 is 0. The van der Waals surface area contributed by atoms with Gasteiger partial charge in [0.2, 0.25) is 0 Å². The van der Waals surface area contributed by atoms with Gasteiger partial charge in [0.25, 0.3) is 0 Å². The molecule has 0 amide bonds. The first-order valence-electron chi connectivity index (χ1n) is 8.61. The van der Waals surface area contributed by atoms with E-state index in [0.717, 1.165) is 18.3 Å². The van der Waals surface area contributed by atoms with Gasteiger partial charge in [0, 0.05) is 12.1 Å². The van der Waals surface area contributed by atoms with Gasteiger partial charge in [0.05, 0.1) is 6.10 Å². The summed E-state index contributed by atoms with van der Waals surface area (Å²) in [5, 5.41) is 13.4. The van der Waals surface area contributed by atoms with Crippen molar-refractivity contribution in [2.45, 2.75) is 96.2 Å². The van der Waals surface area contributed by atoms with Crippen LogP contribution in [-0.4, -0.2) is 23.3 Å². The molecule has 2 N–H and O–H groups in total. The minimum atomic E-state index is -0.181. The van der Waals surface area contributed by atoms with Crippen molar-refractivity contribution >= 4 is 0 Å². The minimum Gasteiger partial charge on any atom is -0.393 e. The third-order valence-corrected chi connectivity index (χ3v) is 5.27. The van der Waals surface area contributed by atoms with E-state index < -0.39 is 0 Å². The summed E-state index contributed by atoms with van der Waals surface area (Å²) in [6.45, 7) is 4.14. The number of nitrogens with one attached hydrogen (secondary N) is 1. The van der Waals surface area contributed by atoms with Gasteiger partial charge in [-0.15, -0.1) is 0 Å². The summed E-state index contributed by atoms with van der Waals surface area (Å²) < 4.78 is 0. The van der Waals surface area contributed by atoms with Gasteiger partial charge in [0.1, 0.15) is 0 Å². The van der Waals surface area contributed by atoms with Gasteiger partial charge in [-0.1, -0.05) is 44.9 Å². The van der Waals surface area contributed by atoms with Crippen molar-refractivity contribution in [2.24, 2.45) is 11.8 Å². The minimum absolute atomic E-state index is 0.181. The Balaban J connectivity index is 1.87. The van der Waals surface area contributed by atoms with E-state index in [2.05, 4.69) is 12.2 Å². The van der Waals surface area contributed by atoms with Crippen molar-refractivity contribution in [3.63, 3.8) is 0 Å². The van der Waals surface area contributed by atoms with Crippen LogP contribution in [0.15, 0.2) is 0 Å². The third kappa shape index (κ3) is 4.75. The van der Waals surface area contributed by atoms with Crippen molar-refractivity contribution in [2.75, 3.05) is 0 Å². The molecule has 0 radical (unpaired) electrons. The van der Waals surface area contributed by atoms with Crippen LogP contribution in [0.25, 0.3) is 0 Å². The van der Waals surface area contributed by atoms with Crippen LogP contribution in [0.4, 0.5) is 0 Å². The molecular formula is C17H33NO. The van der Waals surface area contributed by atoms with Gasteiger partial charge in [-0.25, -0.2) is 0 Å². The highest BCUT2D eigenvalue weighted by molar-refractivity contribution is 4.88. The molecular weight excluding hydrogens is 234 g/mol. The Kier molecular flexibility index (Phi) is 6.15. The Morgan fingerprint density at radius 2 is 1.58 bits per heavy atom. The van der Waals surface area contributed by atoms with E-state index in [4.69, 9.17) is 0 Å². The lowest BCUT2D eigenvalue weighted by Gasteiger charge is -2.40. The van der Waals surface area contributed by atoms with E-state index in [-0.39, 0.29) is 6.10 Å². The Hall–Kier alpha value is -0.0800. The van der Waals surface area contributed by atoms with Crippen molar-refractivity contribution in [1.29, 1.82) is 0 Å². The second-order valence-corrected chi connectivity index (χ2v) is 7.11. The Morgan fingerprint density at radius 1 is 0.947 bits per heavy atom. The molecule has 19 heavy (non-hydrogen) atoms. The number of aliphatic hydroxyl groups is 1. The second kappa shape index (κ2) is 7.64. The van der Waals surface area contributed by atoms with Gasteiger partial charge in [-0.2, -0.15) is 0 Å². The predicted octanol–water partition coefficient (Wildman–Crippen LogP) is 3.87. The molecule has 0 heterocycles. The molecule has 0 aromatic heterocycles. The molecule has 0 aliphatic heterocycles. The number of hydrogen-bond donors (Lipinski definition) is 2.